The van der Waals surface area contributed by atoms with Crippen LogP contribution >= 0.6 is 0 Å². The van der Waals surface area contributed by atoms with Gasteiger partial charge >= 0.3 is 0 Å². The first-order valence-electron chi connectivity index (χ1n) is 4.31. The van der Waals surface area contributed by atoms with Gasteiger partial charge in [0.1, 0.15) is 0 Å². The average molecular weight is 139 g/mol. The molecule has 0 bridgehead atoms. The van der Waals surface area contributed by atoms with Crippen molar-refractivity contribution in [3.8, 4) is 0 Å². The lowest BCUT2D eigenvalue weighted by Gasteiger charge is -2.32. The van der Waals surface area contributed by atoms with Crippen LogP contribution in [0.1, 0.15) is 25.7 Å². The van der Waals surface area contributed by atoms with Crippen LogP contribution in [0.4, 0.5) is 0 Å². The van der Waals surface area contributed by atoms with E-state index in [1.54, 1.807) is 0 Å². The predicted octanol–water partition coefficient (Wildman–Crippen LogP) is 0.507. The zero-order valence-electron chi connectivity index (χ0n) is 6.40. The van der Waals surface area contributed by atoms with Gasteiger partial charge in [-0.05, 0) is 32.2 Å². The molecule has 0 aromatic carbocycles. The summed E-state index contributed by atoms with van der Waals surface area (Å²) in [6.45, 7) is 3.46. The van der Waals surface area contributed by atoms with Crippen LogP contribution in [0.3, 0.4) is 0 Å². The van der Waals surface area contributed by atoms with E-state index in [1.807, 2.05) is 0 Å². The molecule has 2 saturated heterocycles. The van der Waals surface area contributed by atoms with Crippen molar-refractivity contribution in [1.29, 1.82) is 0 Å². The summed E-state index contributed by atoms with van der Waals surface area (Å²) in [6, 6.07) is 0. The molecule has 0 aliphatic carbocycles. The molecule has 1 spiro atoms. The zero-order chi connectivity index (χ0) is 6.86. The summed E-state index contributed by atoms with van der Waals surface area (Å²) in [7, 11) is 0. The number of nitrogens with one attached hydrogen (secondary N) is 1. The fourth-order valence-electron chi connectivity index (χ4n) is 2.10. The molecule has 0 aromatic rings. The van der Waals surface area contributed by atoms with Crippen molar-refractivity contribution in [1.82, 2.24) is 10.6 Å². The fraction of sp³-hybridized carbons (Fsp3) is 1.00. The van der Waals surface area contributed by atoms with E-state index in [2.05, 4.69) is 10.6 Å². The van der Waals surface area contributed by atoms with E-state index in [1.165, 1.54) is 32.2 Å². The van der Waals surface area contributed by atoms with Crippen LogP contribution in [0.5, 0.6) is 0 Å². The van der Waals surface area contributed by atoms with Gasteiger partial charge in [0.05, 0.1) is 0 Å². The monoisotopic (exact) mass is 139 g/mol. The summed E-state index contributed by atoms with van der Waals surface area (Å²) in [5.41, 5.74) is 0.387. The molecule has 0 amide bonds. The van der Waals surface area contributed by atoms with Gasteiger partial charge < -0.3 is 5.32 Å². The summed E-state index contributed by atoms with van der Waals surface area (Å²) < 4.78 is 0. The predicted molar refractivity (Wildman–Crippen MR) is 41.1 cm³/mol. The summed E-state index contributed by atoms with van der Waals surface area (Å²) >= 11 is 0. The number of hydrogen-bond acceptors (Lipinski definition) is 1. The minimum atomic E-state index is 0.387. The van der Waals surface area contributed by atoms with E-state index in [0.29, 0.717) is 5.54 Å². The lowest BCUT2D eigenvalue weighted by Crippen LogP contribution is -2.48. The summed E-state index contributed by atoms with van der Waals surface area (Å²) in [4.78, 5) is 0. The number of rotatable bonds is 0. The number of hydrogen-bond donors (Lipinski definition) is 1. The van der Waals surface area contributed by atoms with Gasteiger partial charge in [0.2, 0.25) is 0 Å². The minimum absolute atomic E-state index is 0.387. The molecule has 10 heavy (non-hydrogen) atoms. The lowest BCUT2D eigenvalue weighted by atomic mass is 9.89. The third-order valence-electron chi connectivity index (χ3n) is 2.70. The Morgan fingerprint density at radius 2 is 2.10 bits per heavy atom. The summed E-state index contributed by atoms with van der Waals surface area (Å²) in [5.74, 6) is 0. The van der Waals surface area contributed by atoms with Gasteiger partial charge in [-0.25, -0.2) is 5.32 Å². The highest BCUT2D eigenvalue weighted by Gasteiger charge is 2.35. The Kier molecular flexibility index (Phi) is 1.66. The van der Waals surface area contributed by atoms with Gasteiger partial charge in [-0.2, -0.15) is 0 Å². The molecule has 57 valence electrons. The van der Waals surface area contributed by atoms with Crippen LogP contribution in [0.2, 0.25) is 0 Å². The molecule has 2 fully saturated rings. The van der Waals surface area contributed by atoms with Crippen molar-refractivity contribution < 1.29 is 0 Å². The van der Waals surface area contributed by atoms with Crippen molar-refractivity contribution in [2.24, 2.45) is 0 Å². The summed E-state index contributed by atoms with van der Waals surface area (Å²) in [5, 5.41) is 8.09. The second-order valence-corrected chi connectivity index (χ2v) is 3.49. The highest BCUT2D eigenvalue weighted by molar-refractivity contribution is 4.96. The molecule has 2 rings (SSSR count). The Morgan fingerprint density at radius 3 is 2.70 bits per heavy atom. The Balaban J connectivity index is 1.98. The third kappa shape index (κ3) is 1.06. The molecule has 2 aliphatic rings. The first kappa shape index (κ1) is 6.62. The molecule has 1 atom stereocenters. The van der Waals surface area contributed by atoms with Gasteiger partial charge in [0, 0.05) is 18.6 Å². The normalized spacial score (nSPS) is 40.8. The smallest absolute Gasteiger partial charge is 0.0481 e. The van der Waals surface area contributed by atoms with Crippen LogP contribution < -0.4 is 10.6 Å². The third-order valence-corrected chi connectivity index (χ3v) is 2.70. The molecule has 0 saturated carbocycles. The van der Waals surface area contributed by atoms with Crippen LogP contribution in [0.15, 0.2) is 0 Å². The summed E-state index contributed by atoms with van der Waals surface area (Å²) in [6.07, 6.45) is 5.31. The molecule has 2 nitrogen and oxygen atoms in total. The number of nitrogens with zero attached hydrogens (tertiary/aromatic N) is 1. The maximum atomic E-state index is 4.66. The topological polar surface area (TPSA) is 26.1 Å². The highest BCUT2D eigenvalue weighted by atomic mass is 15.1. The zero-order valence-corrected chi connectivity index (χ0v) is 6.40. The van der Waals surface area contributed by atoms with E-state index >= 15 is 0 Å². The van der Waals surface area contributed by atoms with Gasteiger partial charge in [-0.3, -0.25) is 0 Å². The van der Waals surface area contributed by atoms with Crippen molar-refractivity contribution in [3.05, 3.63) is 0 Å². The van der Waals surface area contributed by atoms with Crippen molar-refractivity contribution in [2.75, 3.05) is 19.6 Å². The molecule has 2 heterocycles. The van der Waals surface area contributed by atoms with Crippen LogP contribution in [-0.4, -0.2) is 25.2 Å². The molecule has 2 aliphatic heterocycles. The Labute approximate surface area is 62.4 Å². The lowest BCUT2D eigenvalue weighted by molar-refractivity contribution is 0.277. The molecule has 1 unspecified atom stereocenters. The van der Waals surface area contributed by atoms with Crippen LogP contribution in [0, 0.1) is 0 Å². The van der Waals surface area contributed by atoms with Crippen molar-refractivity contribution >= 4 is 0 Å². The maximum Gasteiger partial charge on any atom is 0.0481 e. The maximum absolute atomic E-state index is 4.66. The van der Waals surface area contributed by atoms with Gasteiger partial charge in [0.25, 0.3) is 0 Å². The largest absolute Gasteiger partial charge is 0.315 e. The quantitative estimate of drug-likeness (QED) is 0.520. The van der Waals surface area contributed by atoms with Crippen molar-refractivity contribution in [3.63, 3.8) is 0 Å². The highest BCUT2D eigenvalue weighted by Crippen LogP contribution is 2.27. The molecule has 1 N–H and O–H groups in total. The second kappa shape index (κ2) is 2.51. The van der Waals surface area contributed by atoms with E-state index < -0.39 is 0 Å². The second-order valence-electron chi connectivity index (χ2n) is 3.49. The fourth-order valence-corrected chi connectivity index (χ4v) is 2.10. The molecular formula is C8H15N2. The van der Waals surface area contributed by atoms with E-state index in [-0.39, 0.29) is 0 Å². The average Bonchev–Trinajstić information content (AvgIpc) is 2.39. The number of piperidine rings is 1. The molecular weight excluding hydrogens is 124 g/mol. The van der Waals surface area contributed by atoms with E-state index in [9.17, 15) is 0 Å². The van der Waals surface area contributed by atoms with Crippen LogP contribution in [-0.2, 0) is 0 Å². The minimum Gasteiger partial charge on any atom is -0.315 e. The van der Waals surface area contributed by atoms with E-state index in [0.717, 1.165) is 13.1 Å². The van der Waals surface area contributed by atoms with Crippen LogP contribution in [0.25, 0.3) is 0 Å². The van der Waals surface area contributed by atoms with Gasteiger partial charge in [-0.15, -0.1) is 0 Å². The van der Waals surface area contributed by atoms with E-state index in [4.69, 9.17) is 0 Å². The van der Waals surface area contributed by atoms with Gasteiger partial charge in [0.15, 0.2) is 0 Å². The SMILES string of the molecule is C1C[N]C2(C1)CCCNC2. The Hall–Kier alpha value is -0.0800. The standard InChI is InChI=1S/C8H15N2/c1-3-8(7-9-5-1)4-2-6-10-8/h9H,1-7H2. The van der Waals surface area contributed by atoms with Gasteiger partial charge in [-0.1, -0.05) is 0 Å². The Morgan fingerprint density at radius 1 is 1.20 bits per heavy atom. The Bertz CT molecular complexity index is 108. The first-order chi connectivity index (χ1) is 4.91. The molecule has 2 heteroatoms. The van der Waals surface area contributed by atoms with Crippen molar-refractivity contribution in [2.45, 2.75) is 31.2 Å². The first-order valence-corrected chi connectivity index (χ1v) is 4.31. The molecule has 0 aromatic heterocycles. The molecule has 1 radical (unpaired) electrons.